The molecule has 0 aromatic heterocycles. The van der Waals surface area contributed by atoms with Crippen molar-refractivity contribution in [2.24, 2.45) is 5.92 Å². The maximum Gasteiger partial charge on any atom is 0.410 e. The fourth-order valence-electron chi connectivity index (χ4n) is 6.24. The lowest BCUT2D eigenvalue weighted by Crippen LogP contribution is -2.52. The Labute approximate surface area is 267 Å². The van der Waals surface area contributed by atoms with E-state index in [0.717, 1.165) is 24.3 Å². The van der Waals surface area contributed by atoms with E-state index >= 15 is 8.78 Å². The number of piperazine rings is 1. The number of ether oxygens (including phenoxy) is 1. The van der Waals surface area contributed by atoms with Crippen LogP contribution in [0.2, 0.25) is 5.02 Å². The number of alkyl halides is 2. The molecule has 0 radical (unpaired) electrons. The summed E-state index contributed by atoms with van der Waals surface area (Å²) in [4.78, 5) is 57.8. The first-order chi connectivity index (χ1) is 21.2. The Kier molecular flexibility index (Phi) is 9.60. The van der Waals surface area contributed by atoms with Gasteiger partial charge in [0, 0.05) is 70.9 Å². The molecule has 0 spiro atoms. The molecule has 3 fully saturated rings. The number of hydrogen-bond donors (Lipinski definition) is 1. The zero-order chi connectivity index (χ0) is 32.5. The molecule has 14 heteroatoms. The Morgan fingerprint density at radius 3 is 2.33 bits per heavy atom. The van der Waals surface area contributed by atoms with E-state index in [0.29, 0.717) is 61.5 Å². The van der Waals surface area contributed by atoms with Gasteiger partial charge in [-0.1, -0.05) is 11.6 Å². The van der Waals surface area contributed by atoms with Gasteiger partial charge in [0.25, 0.3) is 5.91 Å². The van der Waals surface area contributed by atoms with E-state index < -0.39 is 30.2 Å². The minimum Gasteiger partial charge on any atom is -0.444 e. The van der Waals surface area contributed by atoms with E-state index in [1.165, 1.54) is 11.0 Å². The van der Waals surface area contributed by atoms with Crippen LogP contribution < -0.4 is 10.2 Å². The Morgan fingerprint density at radius 2 is 1.71 bits per heavy atom. The van der Waals surface area contributed by atoms with Crippen LogP contribution in [0, 0.1) is 5.92 Å². The first-order valence-corrected chi connectivity index (χ1v) is 15.8. The molecule has 0 unspecified atom stereocenters. The highest BCUT2D eigenvalue weighted by Crippen LogP contribution is 2.35. The van der Waals surface area contributed by atoms with E-state index in [1.807, 2.05) is 0 Å². The molecule has 5 amide bonds. The van der Waals surface area contributed by atoms with Crippen molar-refractivity contribution in [2.75, 3.05) is 70.3 Å². The third kappa shape index (κ3) is 7.86. The molecule has 0 atom stereocenters. The van der Waals surface area contributed by atoms with Crippen LogP contribution in [-0.4, -0.2) is 121 Å². The minimum atomic E-state index is -3.14. The maximum absolute atomic E-state index is 15.1. The number of nitrogens with zero attached hydrogens (tertiary/aromatic N) is 5. The molecule has 1 aromatic rings. The number of rotatable bonds is 5. The molecule has 1 aromatic carbocycles. The number of carbonyl (C=O) groups is 4. The van der Waals surface area contributed by atoms with Crippen molar-refractivity contribution >= 4 is 41.2 Å². The van der Waals surface area contributed by atoms with Crippen molar-refractivity contribution in [3.8, 4) is 0 Å². The summed E-state index contributed by atoms with van der Waals surface area (Å²) in [6, 6.07) is 4.26. The first kappa shape index (κ1) is 32.9. The van der Waals surface area contributed by atoms with E-state index in [9.17, 15) is 19.2 Å². The third-order valence-corrected chi connectivity index (χ3v) is 8.91. The van der Waals surface area contributed by atoms with Gasteiger partial charge in [0.05, 0.1) is 23.0 Å². The lowest BCUT2D eigenvalue weighted by atomic mass is 9.94. The normalized spacial score (nSPS) is 21.9. The highest BCUT2D eigenvalue weighted by molar-refractivity contribution is 6.34. The average Bonchev–Trinajstić information content (AvgIpc) is 2.97. The van der Waals surface area contributed by atoms with Gasteiger partial charge in [0.2, 0.25) is 5.91 Å². The van der Waals surface area contributed by atoms with Crippen LogP contribution in [0.1, 0.15) is 50.4 Å². The highest BCUT2D eigenvalue weighted by Gasteiger charge is 2.45. The Hall–Kier alpha value is -3.45. The number of anilines is 1. The van der Waals surface area contributed by atoms with E-state index in [-0.39, 0.29) is 37.0 Å². The largest absolute Gasteiger partial charge is 0.444 e. The molecule has 0 saturated carbocycles. The molecule has 0 aliphatic carbocycles. The number of likely N-dealkylation sites (tertiary alicyclic amines) is 1. The second-order valence-electron chi connectivity index (χ2n) is 13.1. The van der Waals surface area contributed by atoms with Crippen molar-refractivity contribution in [1.29, 1.82) is 0 Å². The highest BCUT2D eigenvalue weighted by atomic mass is 35.5. The molecule has 45 heavy (non-hydrogen) atoms. The van der Waals surface area contributed by atoms with E-state index in [4.69, 9.17) is 16.3 Å². The van der Waals surface area contributed by atoms with Gasteiger partial charge in [0.15, 0.2) is 0 Å². The number of nitrogens with one attached hydrogen (secondary N) is 1. The molecule has 3 saturated heterocycles. The van der Waals surface area contributed by atoms with Gasteiger partial charge < -0.3 is 14.5 Å². The zero-order valence-corrected chi connectivity index (χ0v) is 26.7. The van der Waals surface area contributed by atoms with Crippen molar-refractivity contribution in [2.45, 2.75) is 51.6 Å². The SMILES string of the molecule is CC(C)(C)OC(=O)N1CC=C(N2CCC(CN3CCN(C(=O)c4ccc(Cl)c(N5CCC(=O)NC5=O)c4)CC3)CC2)C(F)(F)C1. The number of halogens is 3. The van der Waals surface area contributed by atoms with Crippen LogP contribution in [-0.2, 0) is 9.53 Å². The molecule has 11 nitrogen and oxygen atoms in total. The molecular weight excluding hydrogens is 610 g/mol. The van der Waals surface area contributed by atoms with Crippen LogP contribution in [0.3, 0.4) is 0 Å². The van der Waals surface area contributed by atoms with Gasteiger partial charge in [0.1, 0.15) is 5.60 Å². The molecule has 5 rings (SSSR count). The number of urea groups is 1. The van der Waals surface area contributed by atoms with Crippen LogP contribution in [0.15, 0.2) is 30.0 Å². The monoisotopic (exact) mass is 650 g/mol. The molecule has 4 aliphatic heterocycles. The van der Waals surface area contributed by atoms with Crippen LogP contribution in [0.4, 0.5) is 24.1 Å². The van der Waals surface area contributed by atoms with Crippen LogP contribution in [0.5, 0.6) is 0 Å². The lowest BCUT2D eigenvalue weighted by molar-refractivity contribution is -0.120. The summed E-state index contributed by atoms with van der Waals surface area (Å²) in [5.41, 5.74) is 0.0502. The summed E-state index contributed by atoms with van der Waals surface area (Å²) in [5, 5.41) is 2.59. The lowest BCUT2D eigenvalue weighted by Gasteiger charge is -2.43. The summed E-state index contributed by atoms with van der Waals surface area (Å²) < 4.78 is 35.5. The second-order valence-corrected chi connectivity index (χ2v) is 13.5. The van der Waals surface area contributed by atoms with Crippen LogP contribution >= 0.6 is 11.6 Å². The molecule has 1 N–H and O–H groups in total. The quantitative estimate of drug-likeness (QED) is 0.513. The Balaban J connectivity index is 1.09. The average molecular weight is 651 g/mol. The minimum absolute atomic E-state index is 0.00681. The zero-order valence-electron chi connectivity index (χ0n) is 26.0. The second kappa shape index (κ2) is 13.1. The predicted octanol–water partition coefficient (Wildman–Crippen LogP) is 4.03. The summed E-state index contributed by atoms with van der Waals surface area (Å²) in [5.74, 6) is -3.28. The first-order valence-electron chi connectivity index (χ1n) is 15.4. The number of benzene rings is 1. The van der Waals surface area contributed by atoms with Gasteiger partial charge in [-0.25, -0.2) is 9.59 Å². The molecule has 4 heterocycles. The van der Waals surface area contributed by atoms with Crippen molar-refractivity contribution in [3.63, 3.8) is 0 Å². The van der Waals surface area contributed by atoms with Gasteiger partial charge in [-0.2, -0.15) is 8.78 Å². The summed E-state index contributed by atoms with van der Waals surface area (Å²) in [7, 11) is 0. The Bertz CT molecular complexity index is 1350. The van der Waals surface area contributed by atoms with Gasteiger partial charge in [-0.05, 0) is 63.8 Å². The predicted molar refractivity (Wildman–Crippen MR) is 164 cm³/mol. The van der Waals surface area contributed by atoms with Crippen LogP contribution in [0.25, 0.3) is 0 Å². The number of amides is 5. The smallest absolute Gasteiger partial charge is 0.410 e. The molecule has 4 aliphatic rings. The molecular formula is C31H41ClF2N6O5. The van der Waals surface area contributed by atoms with Gasteiger partial charge >= 0.3 is 18.0 Å². The Morgan fingerprint density at radius 1 is 1.02 bits per heavy atom. The molecule has 0 bridgehead atoms. The summed E-state index contributed by atoms with van der Waals surface area (Å²) >= 11 is 6.34. The fourth-order valence-corrected chi connectivity index (χ4v) is 6.46. The molecule has 246 valence electrons. The van der Waals surface area contributed by atoms with E-state index in [2.05, 4.69) is 10.2 Å². The standard InChI is InChI=1S/C31H41ClF2N6O5/c1-30(2,3)45-29(44)39-12-8-25(31(33,34)20-39)37-10-6-21(7-11-37)19-36-14-16-38(17-15-36)27(42)22-4-5-23(32)24(18-22)40-13-9-26(41)35-28(40)43/h4-5,8,18,21H,6-7,9-17,19-20H2,1-3H3,(H,35,41,43). The fraction of sp³-hybridized carbons (Fsp3) is 0.613. The summed E-state index contributed by atoms with van der Waals surface area (Å²) in [6.07, 6.45) is 2.44. The number of carbonyl (C=O) groups excluding carboxylic acids is 4. The number of imide groups is 1. The van der Waals surface area contributed by atoms with Gasteiger partial charge in [-0.3, -0.25) is 29.6 Å². The third-order valence-electron chi connectivity index (χ3n) is 8.59. The number of piperidine rings is 1. The van der Waals surface area contributed by atoms with Crippen molar-refractivity contribution in [3.05, 3.63) is 40.6 Å². The van der Waals surface area contributed by atoms with E-state index in [1.54, 1.807) is 48.8 Å². The summed E-state index contributed by atoms with van der Waals surface area (Å²) in [6.45, 7) is 9.09. The van der Waals surface area contributed by atoms with Crippen molar-refractivity contribution in [1.82, 2.24) is 24.9 Å². The number of hydrogen-bond acceptors (Lipinski definition) is 7. The topological polar surface area (TPSA) is 106 Å². The maximum atomic E-state index is 15.1. The van der Waals surface area contributed by atoms with Gasteiger partial charge in [-0.15, -0.1) is 0 Å². The van der Waals surface area contributed by atoms with Crippen molar-refractivity contribution < 1.29 is 32.7 Å².